The van der Waals surface area contributed by atoms with Gasteiger partial charge in [0.2, 0.25) is 0 Å². The van der Waals surface area contributed by atoms with Gasteiger partial charge < -0.3 is 10.1 Å². The van der Waals surface area contributed by atoms with E-state index in [-0.39, 0.29) is 17.7 Å². The number of carbonyl (C=O) groups excluding carboxylic acids is 1. The third-order valence-corrected chi connectivity index (χ3v) is 5.96. The number of aromatic nitrogens is 1. The van der Waals surface area contributed by atoms with Crippen LogP contribution in [0.5, 0.6) is 5.75 Å². The lowest BCUT2D eigenvalue weighted by Crippen LogP contribution is -2.74. The van der Waals surface area contributed by atoms with Gasteiger partial charge in [0.25, 0.3) is 5.91 Å². The molecule has 1 aliphatic carbocycles. The number of hydrogen-bond acceptors (Lipinski definition) is 4. The van der Waals surface area contributed by atoms with Gasteiger partial charge in [0.1, 0.15) is 17.9 Å². The van der Waals surface area contributed by atoms with Crippen molar-refractivity contribution < 1.29 is 22.7 Å². The van der Waals surface area contributed by atoms with Crippen LogP contribution in [0.25, 0.3) is 0 Å². The predicted molar refractivity (Wildman–Crippen MR) is 108 cm³/mol. The first-order chi connectivity index (χ1) is 14.3. The number of aryl methyl sites for hydroxylation is 1. The lowest BCUT2D eigenvalue weighted by atomic mass is 9.49. The first kappa shape index (κ1) is 22.6. The normalized spacial score (nSPS) is 21.5. The molecule has 1 amide bonds. The monoisotopic (exact) mass is 431 g/mol. The minimum atomic E-state index is -4.72. The first-order valence-electron chi connectivity index (χ1n) is 9.80. The molecule has 0 atom stereocenters. The summed E-state index contributed by atoms with van der Waals surface area (Å²) in [5.41, 5.74) is -1.37. The van der Waals surface area contributed by atoms with Gasteiger partial charge in [0.05, 0.1) is 11.8 Å². The average Bonchev–Trinajstić information content (AvgIpc) is 2.69. The molecule has 3 rings (SSSR count). The Bertz CT molecular complexity index is 1020. The summed E-state index contributed by atoms with van der Waals surface area (Å²) in [7, 11) is 0. The number of alkyl halides is 3. The van der Waals surface area contributed by atoms with Crippen molar-refractivity contribution in [2.75, 3.05) is 0 Å². The van der Waals surface area contributed by atoms with Crippen molar-refractivity contribution in [3.8, 4) is 11.8 Å². The summed E-state index contributed by atoms with van der Waals surface area (Å²) in [6.07, 6.45) is -4.08. The molecule has 1 fully saturated rings. The fourth-order valence-corrected chi connectivity index (χ4v) is 4.67. The fourth-order valence-electron chi connectivity index (χ4n) is 4.67. The van der Waals surface area contributed by atoms with Crippen LogP contribution in [0.2, 0.25) is 0 Å². The smallest absolute Gasteiger partial charge is 0.419 e. The molecule has 0 radical (unpaired) electrons. The molecule has 1 saturated carbocycles. The minimum absolute atomic E-state index is 0.0687. The highest BCUT2D eigenvalue weighted by molar-refractivity contribution is 5.94. The fraction of sp³-hybridized carbons (Fsp3) is 0.435. The Labute approximate surface area is 179 Å². The molecular formula is C23H24F3N3O2. The number of carbonyl (C=O) groups is 1. The molecule has 1 heterocycles. The molecule has 8 heteroatoms. The van der Waals surface area contributed by atoms with E-state index < -0.39 is 34.4 Å². The van der Waals surface area contributed by atoms with Crippen LogP contribution in [-0.4, -0.2) is 23.0 Å². The lowest BCUT2D eigenvalue weighted by Gasteiger charge is -2.63. The summed E-state index contributed by atoms with van der Waals surface area (Å²) in [6.45, 7) is 9.51. The zero-order valence-electron chi connectivity index (χ0n) is 18.0. The number of nitriles is 1. The molecule has 0 bridgehead atoms. The van der Waals surface area contributed by atoms with Crippen molar-refractivity contribution in [2.45, 2.75) is 52.9 Å². The topological polar surface area (TPSA) is 75.0 Å². The molecular weight excluding hydrogens is 407 g/mol. The molecule has 5 nitrogen and oxygen atoms in total. The second-order valence-corrected chi connectivity index (χ2v) is 9.09. The number of benzene rings is 1. The molecule has 31 heavy (non-hydrogen) atoms. The summed E-state index contributed by atoms with van der Waals surface area (Å²) in [5.74, 6) is -0.287. The SMILES string of the molecule is Cc1ccc(C(=O)N[C@H]2C(C)(C)[C@H](Oc3cnc(C#N)c(C(F)(F)F)c3)C2(C)C)cc1. The van der Waals surface area contributed by atoms with Crippen LogP contribution in [0.3, 0.4) is 0 Å². The number of nitrogens with zero attached hydrogens (tertiary/aromatic N) is 2. The third-order valence-electron chi connectivity index (χ3n) is 5.96. The molecule has 0 unspecified atom stereocenters. The van der Waals surface area contributed by atoms with Crippen LogP contribution in [0.1, 0.15) is 54.9 Å². The molecule has 2 aromatic rings. The summed E-state index contributed by atoms with van der Waals surface area (Å²) >= 11 is 0. The molecule has 1 aromatic carbocycles. The Kier molecular flexibility index (Phi) is 5.51. The van der Waals surface area contributed by atoms with E-state index in [1.165, 1.54) is 6.07 Å². The quantitative estimate of drug-likeness (QED) is 0.748. The number of pyridine rings is 1. The van der Waals surface area contributed by atoms with Crippen LogP contribution < -0.4 is 10.1 Å². The maximum Gasteiger partial charge on any atom is 0.419 e. The molecule has 1 N–H and O–H groups in total. The number of rotatable bonds is 4. The second kappa shape index (κ2) is 7.56. The summed E-state index contributed by atoms with van der Waals surface area (Å²) < 4.78 is 45.7. The number of hydrogen-bond donors (Lipinski definition) is 1. The standard InChI is InChI=1S/C23H24F3N3O2/c1-13-6-8-14(9-7-13)18(30)29-19-21(2,3)20(22(19,4)5)31-15-10-16(23(24,25)26)17(11-27)28-12-15/h6-10,12,19-20H,1-5H3,(H,29,30)/t19-,20-. The Morgan fingerprint density at radius 3 is 2.26 bits per heavy atom. The number of amides is 1. The maximum atomic E-state index is 13.3. The van der Waals surface area contributed by atoms with Crippen LogP contribution in [0, 0.1) is 29.1 Å². The van der Waals surface area contributed by atoms with Crippen LogP contribution in [0.4, 0.5) is 13.2 Å². The van der Waals surface area contributed by atoms with Crippen molar-refractivity contribution in [3.05, 3.63) is 58.9 Å². The number of ether oxygens (including phenoxy) is 1. The number of nitrogens with one attached hydrogen (secondary N) is 1. The van der Waals surface area contributed by atoms with Crippen LogP contribution in [-0.2, 0) is 6.18 Å². The van der Waals surface area contributed by atoms with Gasteiger partial charge in [-0.25, -0.2) is 4.98 Å². The first-order valence-corrected chi connectivity index (χ1v) is 9.80. The van der Waals surface area contributed by atoms with E-state index in [4.69, 9.17) is 10.00 Å². The molecule has 0 aliphatic heterocycles. The van der Waals surface area contributed by atoms with Gasteiger partial charge in [-0.2, -0.15) is 18.4 Å². The van der Waals surface area contributed by atoms with Gasteiger partial charge in [0.15, 0.2) is 5.69 Å². The zero-order valence-corrected chi connectivity index (χ0v) is 18.0. The Balaban J connectivity index is 1.81. The van der Waals surface area contributed by atoms with E-state index in [0.29, 0.717) is 5.56 Å². The van der Waals surface area contributed by atoms with E-state index >= 15 is 0 Å². The maximum absolute atomic E-state index is 13.3. The van der Waals surface area contributed by atoms with Crippen molar-refractivity contribution in [1.29, 1.82) is 5.26 Å². The Morgan fingerprint density at radius 1 is 1.16 bits per heavy atom. The largest absolute Gasteiger partial charge is 0.488 e. The lowest BCUT2D eigenvalue weighted by molar-refractivity contribution is -0.165. The predicted octanol–water partition coefficient (Wildman–Crippen LogP) is 4.89. The van der Waals surface area contributed by atoms with E-state index in [2.05, 4.69) is 10.3 Å². The van der Waals surface area contributed by atoms with Crippen LogP contribution >= 0.6 is 0 Å². The molecule has 1 aliphatic rings. The van der Waals surface area contributed by atoms with E-state index in [0.717, 1.165) is 17.8 Å². The minimum Gasteiger partial charge on any atom is -0.488 e. The van der Waals surface area contributed by atoms with Gasteiger partial charge in [0, 0.05) is 22.4 Å². The van der Waals surface area contributed by atoms with Crippen molar-refractivity contribution in [3.63, 3.8) is 0 Å². The third kappa shape index (κ3) is 4.09. The highest BCUT2D eigenvalue weighted by Gasteiger charge is 2.64. The van der Waals surface area contributed by atoms with Crippen molar-refractivity contribution in [2.24, 2.45) is 10.8 Å². The molecule has 1 aromatic heterocycles. The molecule has 0 spiro atoms. The summed E-state index contributed by atoms with van der Waals surface area (Å²) in [5, 5.41) is 12.0. The molecule has 0 saturated heterocycles. The Hall–Kier alpha value is -3.08. The van der Waals surface area contributed by atoms with Gasteiger partial charge in [-0.05, 0) is 25.1 Å². The van der Waals surface area contributed by atoms with E-state index in [1.807, 2.05) is 46.8 Å². The second-order valence-electron chi connectivity index (χ2n) is 9.09. The van der Waals surface area contributed by atoms with Gasteiger partial charge in [-0.3, -0.25) is 4.79 Å². The summed E-state index contributed by atoms with van der Waals surface area (Å²) in [6, 6.07) is 9.19. The molecule has 164 valence electrons. The van der Waals surface area contributed by atoms with Crippen LogP contribution in [0.15, 0.2) is 36.5 Å². The average molecular weight is 431 g/mol. The highest BCUT2D eigenvalue weighted by Crippen LogP contribution is 2.55. The van der Waals surface area contributed by atoms with Gasteiger partial charge >= 0.3 is 6.18 Å². The van der Waals surface area contributed by atoms with E-state index in [9.17, 15) is 18.0 Å². The van der Waals surface area contributed by atoms with Crippen molar-refractivity contribution in [1.82, 2.24) is 10.3 Å². The van der Waals surface area contributed by atoms with E-state index in [1.54, 1.807) is 12.1 Å². The number of halogens is 3. The van der Waals surface area contributed by atoms with Gasteiger partial charge in [-0.15, -0.1) is 0 Å². The Morgan fingerprint density at radius 2 is 1.74 bits per heavy atom. The van der Waals surface area contributed by atoms with Crippen molar-refractivity contribution >= 4 is 5.91 Å². The van der Waals surface area contributed by atoms with Gasteiger partial charge in [-0.1, -0.05) is 45.4 Å². The summed E-state index contributed by atoms with van der Waals surface area (Å²) in [4.78, 5) is 16.3. The zero-order chi connectivity index (χ0) is 23.2. The highest BCUT2D eigenvalue weighted by atomic mass is 19.4.